The molecule has 2 heterocycles. The van der Waals surface area contributed by atoms with Crippen molar-refractivity contribution in [2.24, 2.45) is 4.99 Å². The Hall–Kier alpha value is -0.490. The maximum atomic E-state index is 12.1. The summed E-state index contributed by atoms with van der Waals surface area (Å²) in [6.45, 7) is 12.4. The van der Waals surface area contributed by atoms with Crippen molar-refractivity contribution in [2.75, 3.05) is 50.4 Å². The highest BCUT2D eigenvalue weighted by molar-refractivity contribution is 14.0. The van der Waals surface area contributed by atoms with Crippen LogP contribution < -0.4 is 10.2 Å². The SMILES string of the molecule is CCc1nsc(N2CCN(C(=NC)NCCS(=O)C(C)(C)C)CC2)n1.I. The summed E-state index contributed by atoms with van der Waals surface area (Å²) in [7, 11) is 0.951. The van der Waals surface area contributed by atoms with E-state index < -0.39 is 10.8 Å². The predicted octanol–water partition coefficient (Wildman–Crippen LogP) is 1.96. The summed E-state index contributed by atoms with van der Waals surface area (Å²) in [6.07, 6.45) is 0.878. The Morgan fingerprint density at radius 2 is 1.96 bits per heavy atom. The summed E-state index contributed by atoms with van der Waals surface area (Å²) in [5.74, 6) is 2.44. The lowest BCUT2D eigenvalue weighted by Crippen LogP contribution is -2.53. The van der Waals surface area contributed by atoms with Crippen LogP contribution in [0.15, 0.2) is 4.99 Å². The molecule has 150 valence electrons. The van der Waals surface area contributed by atoms with Crippen LogP contribution in [0, 0.1) is 0 Å². The molecule has 2 rings (SSSR count). The fourth-order valence-corrected chi connectivity index (χ4v) is 4.22. The number of rotatable bonds is 5. The van der Waals surface area contributed by atoms with Crippen LogP contribution in [0.25, 0.3) is 0 Å². The van der Waals surface area contributed by atoms with Crippen molar-refractivity contribution in [2.45, 2.75) is 38.9 Å². The van der Waals surface area contributed by atoms with Gasteiger partial charge in [-0.05, 0) is 20.8 Å². The lowest BCUT2D eigenvalue weighted by molar-refractivity contribution is 0.373. The minimum atomic E-state index is -0.848. The van der Waals surface area contributed by atoms with E-state index in [1.54, 1.807) is 7.05 Å². The molecule has 1 unspecified atom stereocenters. The number of guanidine groups is 1. The Bertz CT molecular complexity index is 608. The van der Waals surface area contributed by atoms with Gasteiger partial charge in [-0.15, -0.1) is 24.0 Å². The van der Waals surface area contributed by atoms with Crippen LogP contribution in [0.1, 0.15) is 33.5 Å². The van der Waals surface area contributed by atoms with E-state index in [2.05, 4.69) is 36.4 Å². The lowest BCUT2D eigenvalue weighted by atomic mass is 10.3. The summed E-state index contributed by atoms with van der Waals surface area (Å²) in [4.78, 5) is 13.5. The zero-order valence-electron chi connectivity index (χ0n) is 16.3. The Kier molecular flexibility index (Phi) is 9.73. The highest BCUT2D eigenvalue weighted by atomic mass is 127. The second-order valence-corrected chi connectivity index (χ2v) is 10.0. The summed E-state index contributed by atoms with van der Waals surface area (Å²) < 4.78 is 16.3. The first-order valence-electron chi connectivity index (χ1n) is 8.76. The molecular weight excluding hydrogens is 483 g/mol. The molecule has 10 heteroatoms. The molecule has 1 saturated heterocycles. The first-order valence-corrected chi connectivity index (χ1v) is 10.9. The number of halogens is 1. The van der Waals surface area contributed by atoms with E-state index >= 15 is 0 Å². The molecule has 1 aromatic heterocycles. The molecule has 26 heavy (non-hydrogen) atoms. The number of aryl methyl sites for hydroxylation is 1. The first-order chi connectivity index (χ1) is 11.8. The fourth-order valence-electron chi connectivity index (χ4n) is 2.52. The Labute approximate surface area is 180 Å². The van der Waals surface area contributed by atoms with Crippen molar-refractivity contribution >= 4 is 57.4 Å². The average molecular weight is 515 g/mol. The third-order valence-electron chi connectivity index (χ3n) is 4.09. The normalized spacial score (nSPS) is 17.0. The fraction of sp³-hybridized carbons (Fsp3) is 0.812. The molecule has 1 aromatic rings. The van der Waals surface area contributed by atoms with Crippen molar-refractivity contribution in [3.63, 3.8) is 0 Å². The van der Waals surface area contributed by atoms with Crippen LogP contribution in [-0.4, -0.2) is 74.7 Å². The second kappa shape index (κ2) is 10.7. The molecule has 0 amide bonds. The van der Waals surface area contributed by atoms with E-state index in [-0.39, 0.29) is 28.7 Å². The maximum absolute atomic E-state index is 12.1. The number of anilines is 1. The Morgan fingerprint density at radius 1 is 1.31 bits per heavy atom. The third-order valence-corrected chi connectivity index (χ3v) is 6.84. The second-order valence-electron chi connectivity index (χ2n) is 6.96. The molecule has 1 N–H and O–H groups in total. The highest BCUT2D eigenvalue weighted by Crippen LogP contribution is 2.19. The summed E-state index contributed by atoms with van der Waals surface area (Å²) in [5.41, 5.74) is 0. The van der Waals surface area contributed by atoms with E-state index in [1.165, 1.54) is 11.5 Å². The third kappa shape index (κ3) is 6.59. The van der Waals surface area contributed by atoms with Crippen LogP contribution in [-0.2, 0) is 17.2 Å². The van der Waals surface area contributed by atoms with Crippen LogP contribution in [0.2, 0.25) is 0 Å². The molecule has 1 atom stereocenters. The molecule has 0 spiro atoms. The van der Waals surface area contributed by atoms with Gasteiger partial charge in [0.15, 0.2) is 5.96 Å². The zero-order chi connectivity index (χ0) is 18.4. The van der Waals surface area contributed by atoms with Crippen molar-refractivity contribution < 1.29 is 4.21 Å². The Balaban J connectivity index is 0.00000338. The van der Waals surface area contributed by atoms with Gasteiger partial charge in [-0.1, -0.05) is 6.92 Å². The molecular formula is C16H31IN6OS2. The van der Waals surface area contributed by atoms with Gasteiger partial charge in [0, 0.05) is 79.0 Å². The summed E-state index contributed by atoms with van der Waals surface area (Å²) in [5, 5.41) is 4.36. The summed E-state index contributed by atoms with van der Waals surface area (Å²) in [6, 6.07) is 0. The number of hydrogen-bond donors (Lipinski definition) is 1. The van der Waals surface area contributed by atoms with Gasteiger partial charge in [0.05, 0.1) is 0 Å². The number of aliphatic imine (C=N–C) groups is 1. The van der Waals surface area contributed by atoms with Gasteiger partial charge in [0.1, 0.15) is 5.82 Å². The molecule has 1 fully saturated rings. The van der Waals surface area contributed by atoms with Crippen LogP contribution in [0.5, 0.6) is 0 Å². The van der Waals surface area contributed by atoms with Crippen LogP contribution >= 0.6 is 35.5 Å². The minimum Gasteiger partial charge on any atom is -0.355 e. The van der Waals surface area contributed by atoms with Gasteiger partial charge in [0.2, 0.25) is 5.13 Å². The van der Waals surface area contributed by atoms with Gasteiger partial charge in [-0.3, -0.25) is 9.20 Å². The van der Waals surface area contributed by atoms with Crippen LogP contribution in [0.3, 0.4) is 0 Å². The number of aromatic nitrogens is 2. The van der Waals surface area contributed by atoms with Crippen molar-refractivity contribution in [3.05, 3.63) is 5.82 Å². The van der Waals surface area contributed by atoms with Crippen molar-refractivity contribution in [1.29, 1.82) is 0 Å². The van der Waals surface area contributed by atoms with E-state index in [0.29, 0.717) is 12.3 Å². The average Bonchev–Trinajstić information content (AvgIpc) is 3.07. The topological polar surface area (TPSA) is 73.7 Å². The molecule has 0 radical (unpaired) electrons. The van der Waals surface area contributed by atoms with Crippen molar-refractivity contribution in [3.8, 4) is 0 Å². The van der Waals surface area contributed by atoms with Crippen LogP contribution in [0.4, 0.5) is 5.13 Å². The first kappa shape index (κ1) is 23.5. The largest absolute Gasteiger partial charge is 0.355 e. The molecule has 0 aromatic carbocycles. The number of hydrogen-bond acceptors (Lipinski definition) is 6. The smallest absolute Gasteiger partial charge is 0.205 e. The number of nitrogens with zero attached hydrogens (tertiary/aromatic N) is 5. The maximum Gasteiger partial charge on any atom is 0.205 e. The van der Waals surface area contributed by atoms with Gasteiger partial charge < -0.3 is 15.1 Å². The standard InChI is InChI=1S/C16H30N6OS2.HI/c1-6-13-19-15(24-20-13)22-10-8-21(9-11-22)14(17-5)18-7-12-25(23)16(2,3)4;/h6-12H2,1-5H3,(H,17,18);1H. The zero-order valence-corrected chi connectivity index (χ0v) is 20.3. The minimum absolute atomic E-state index is 0. The van der Waals surface area contributed by atoms with Gasteiger partial charge in [-0.2, -0.15) is 4.37 Å². The quantitative estimate of drug-likeness (QED) is 0.368. The monoisotopic (exact) mass is 514 g/mol. The molecule has 1 aliphatic heterocycles. The lowest BCUT2D eigenvalue weighted by Gasteiger charge is -2.36. The molecule has 7 nitrogen and oxygen atoms in total. The summed E-state index contributed by atoms with van der Waals surface area (Å²) >= 11 is 1.48. The highest BCUT2D eigenvalue weighted by Gasteiger charge is 2.23. The van der Waals surface area contributed by atoms with Gasteiger partial charge in [0.25, 0.3) is 0 Å². The van der Waals surface area contributed by atoms with E-state index in [1.807, 2.05) is 20.8 Å². The predicted molar refractivity (Wildman–Crippen MR) is 123 cm³/mol. The molecule has 1 aliphatic rings. The Morgan fingerprint density at radius 3 is 2.46 bits per heavy atom. The molecule has 0 bridgehead atoms. The van der Waals surface area contributed by atoms with Crippen molar-refractivity contribution in [1.82, 2.24) is 19.6 Å². The van der Waals surface area contributed by atoms with Gasteiger partial charge >= 0.3 is 0 Å². The molecule has 0 aliphatic carbocycles. The molecule has 0 saturated carbocycles. The van der Waals surface area contributed by atoms with E-state index in [4.69, 9.17) is 0 Å². The van der Waals surface area contributed by atoms with Gasteiger partial charge in [-0.25, -0.2) is 4.98 Å². The van der Waals surface area contributed by atoms with E-state index in [9.17, 15) is 4.21 Å². The van der Waals surface area contributed by atoms with E-state index in [0.717, 1.165) is 49.5 Å². The number of piperazine rings is 1. The number of nitrogens with one attached hydrogen (secondary N) is 1.